The molecule has 1 aromatic rings. The number of benzene rings is 1. The molecule has 0 saturated heterocycles. The molecule has 0 aromatic heterocycles. The van der Waals surface area contributed by atoms with E-state index in [1.807, 2.05) is 6.92 Å². The summed E-state index contributed by atoms with van der Waals surface area (Å²) in [6.45, 7) is 6.32. The number of rotatable bonds is 4. The molecule has 0 aliphatic heterocycles. The maximum Gasteiger partial charge on any atom is 0.0921 e. The molecule has 0 amide bonds. The summed E-state index contributed by atoms with van der Waals surface area (Å²) in [5.74, 6) is 0. The molecular formula is C15H22O. The van der Waals surface area contributed by atoms with E-state index >= 15 is 0 Å². The second-order valence-electron chi connectivity index (χ2n) is 5.58. The van der Waals surface area contributed by atoms with Gasteiger partial charge >= 0.3 is 0 Å². The Hall–Kier alpha value is -0.820. The van der Waals surface area contributed by atoms with Crippen molar-refractivity contribution in [1.82, 2.24) is 0 Å². The van der Waals surface area contributed by atoms with Gasteiger partial charge in [0.2, 0.25) is 0 Å². The van der Waals surface area contributed by atoms with Crippen LogP contribution in [0, 0.1) is 5.41 Å². The van der Waals surface area contributed by atoms with Gasteiger partial charge in [-0.1, -0.05) is 44.5 Å². The van der Waals surface area contributed by atoms with Crippen LogP contribution in [0.4, 0.5) is 0 Å². The molecule has 2 rings (SSSR count). The predicted molar refractivity (Wildman–Crippen MR) is 67.3 cm³/mol. The second-order valence-corrected chi connectivity index (χ2v) is 5.58. The Balaban J connectivity index is 2.21. The van der Waals surface area contributed by atoms with Crippen LogP contribution in [-0.2, 0) is 12.0 Å². The average molecular weight is 218 g/mol. The molecule has 0 bridgehead atoms. The zero-order valence-electron chi connectivity index (χ0n) is 10.6. The molecule has 1 nitrogen and oxygen atoms in total. The van der Waals surface area contributed by atoms with E-state index in [1.165, 1.54) is 12.0 Å². The first kappa shape index (κ1) is 11.7. The van der Waals surface area contributed by atoms with Gasteiger partial charge in [0.05, 0.1) is 5.60 Å². The highest BCUT2D eigenvalue weighted by atomic mass is 16.3. The van der Waals surface area contributed by atoms with Crippen LogP contribution in [0.1, 0.15) is 51.2 Å². The summed E-state index contributed by atoms with van der Waals surface area (Å²) in [7, 11) is 0. The van der Waals surface area contributed by atoms with Crippen LogP contribution in [0.3, 0.4) is 0 Å². The highest BCUT2D eigenvalue weighted by Crippen LogP contribution is 2.57. The monoisotopic (exact) mass is 218 g/mol. The van der Waals surface area contributed by atoms with Gasteiger partial charge in [0.1, 0.15) is 0 Å². The zero-order valence-corrected chi connectivity index (χ0v) is 10.6. The summed E-state index contributed by atoms with van der Waals surface area (Å²) in [5.41, 5.74) is 1.85. The maximum absolute atomic E-state index is 10.6. The minimum absolute atomic E-state index is 0.0965. The quantitative estimate of drug-likeness (QED) is 0.818. The van der Waals surface area contributed by atoms with E-state index in [4.69, 9.17) is 0 Å². The molecule has 0 radical (unpaired) electrons. The van der Waals surface area contributed by atoms with Crippen molar-refractivity contribution in [3.05, 3.63) is 35.4 Å². The van der Waals surface area contributed by atoms with Crippen LogP contribution in [0.5, 0.6) is 0 Å². The van der Waals surface area contributed by atoms with Gasteiger partial charge in [-0.15, -0.1) is 0 Å². The first-order chi connectivity index (χ1) is 7.49. The summed E-state index contributed by atoms with van der Waals surface area (Å²) < 4.78 is 0. The van der Waals surface area contributed by atoms with Crippen molar-refractivity contribution in [2.45, 2.75) is 52.1 Å². The highest BCUT2D eigenvalue weighted by Gasteiger charge is 2.52. The lowest BCUT2D eigenvalue weighted by atomic mass is 9.81. The average Bonchev–Trinajstić information content (AvgIpc) is 3.00. The molecule has 0 spiro atoms. The molecule has 1 saturated carbocycles. The molecule has 1 atom stereocenters. The molecule has 1 unspecified atom stereocenters. The maximum atomic E-state index is 10.6. The number of hydrogen-bond donors (Lipinski definition) is 1. The van der Waals surface area contributed by atoms with Gasteiger partial charge in [0, 0.05) is 5.41 Å². The Morgan fingerprint density at radius 1 is 1.25 bits per heavy atom. The minimum Gasteiger partial charge on any atom is -0.385 e. The lowest BCUT2D eigenvalue weighted by Gasteiger charge is -2.31. The third-order valence-corrected chi connectivity index (χ3v) is 4.23. The van der Waals surface area contributed by atoms with E-state index in [0.717, 1.165) is 24.8 Å². The summed E-state index contributed by atoms with van der Waals surface area (Å²) in [5, 5.41) is 10.6. The SMILES string of the molecule is CCCc1ccc(C(C)(O)C2(C)CC2)cc1. The molecule has 16 heavy (non-hydrogen) atoms. The standard InChI is InChI=1S/C15H22O/c1-4-5-12-6-8-13(9-7-12)15(3,16)14(2)10-11-14/h6-9,16H,4-5,10-11H2,1-3H3. The lowest BCUT2D eigenvalue weighted by Crippen LogP contribution is -2.31. The third-order valence-electron chi connectivity index (χ3n) is 4.23. The Bertz CT molecular complexity index is 358. The number of hydrogen-bond acceptors (Lipinski definition) is 1. The molecule has 88 valence electrons. The molecule has 0 heterocycles. The van der Waals surface area contributed by atoms with Crippen LogP contribution in [0.15, 0.2) is 24.3 Å². The molecular weight excluding hydrogens is 196 g/mol. The number of aryl methyl sites for hydroxylation is 1. The van der Waals surface area contributed by atoms with Gasteiger partial charge in [0.15, 0.2) is 0 Å². The minimum atomic E-state index is -0.669. The predicted octanol–water partition coefficient (Wildman–Crippen LogP) is 3.65. The molecule has 1 heteroatoms. The van der Waals surface area contributed by atoms with Crippen LogP contribution in [-0.4, -0.2) is 5.11 Å². The van der Waals surface area contributed by atoms with E-state index < -0.39 is 5.60 Å². The zero-order chi connectivity index (χ0) is 11.8. The van der Waals surface area contributed by atoms with Gasteiger partial charge in [-0.25, -0.2) is 0 Å². The smallest absolute Gasteiger partial charge is 0.0921 e. The Labute approximate surface area is 98.5 Å². The molecule has 1 aliphatic carbocycles. The fourth-order valence-electron chi connectivity index (χ4n) is 2.31. The van der Waals surface area contributed by atoms with Crippen molar-refractivity contribution in [2.24, 2.45) is 5.41 Å². The lowest BCUT2D eigenvalue weighted by molar-refractivity contribution is -0.0126. The topological polar surface area (TPSA) is 20.2 Å². The van der Waals surface area contributed by atoms with Crippen molar-refractivity contribution in [1.29, 1.82) is 0 Å². The fourth-order valence-corrected chi connectivity index (χ4v) is 2.31. The van der Waals surface area contributed by atoms with E-state index in [9.17, 15) is 5.11 Å². The van der Waals surface area contributed by atoms with Gasteiger partial charge in [0.25, 0.3) is 0 Å². The second kappa shape index (κ2) is 3.89. The van der Waals surface area contributed by atoms with Gasteiger partial charge in [-0.2, -0.15) is 0 Å². The van der Waals surface area contributed by atoms with Crippen LogP contribution >= 0.6 is 0 Å². The Morgan fingerprint density at radius 2 is 1.81 bits per heavy atom. The molecule has 1 fully saturated rings. The van der Waals surface area contributed by atoms with Crippen LogP contribution in [0.25, 0.3) is 0 Å². The fraction of sp³-hybridized carbons (Fsp3) is 0.600. The van der Waals surface area contributed by atoms with Gasteiger partial charge in [-0.3, -0.25) is 0 Å². The van der Waals surface area contributed by atoms with E-state index in [1.54, 1.807) is 0 Å². The van der Waals surface area contributed by atoms with Gasteiger partial charge < -0.3 is 5.11 Å². The normalized spacial score (nSPS) is 21.5. The van der Waals surface area contributed by atoms with E-state index in [0.29, 0.717) is 0 Å². The first-order valence-electron chi connectivity index (χ1n) is 6.31. The largest absolute Gasteiger partial charge is 0.385 e. The first-order valence-corrected chi connectivity index (χ1v) is 6.31. The highest BCUT2D eigenvalue weighted by molar-refractivity contribution is 5.30. The summed E-state index contributed by atoms with van der Waals surface area (Å²) in [6.07, 6.45) is 4.57. The van der Waals surface area contributed by atoms with Crippen molar-refractivity contribution in [3.63, 3.8) is 0 Å². The Morgan fingerprint density at radius 3 is 2.25 bits per heavy atom. The summed E-state index contributed by atoms with van der Waals surface area (Å²) >= 11 is 0. The van der Waals surface area contributed by atoms with Crippen LogP contribution < -0.4 is 0 Å². The Kier molecular flexibility index (Phi) is 2.83. The number of aliphatic hydroxyl groups is 1. The van der Waals surface area contributed by atoms with Gasteiger partial charge in [-0.05, 0) is 37.3 Å². The molecule has 1 aliphatic rings. The van der Waals surface area contributed by atoms with E-state index in [2.05, 4.69) is 38.1 Å². The summed E-state index contributed by atoms with van der Waals surface area (Å²) in [4.78, 5) is 0. The van der Waals surface area contributed by atoms with Crippen molar-refractivity contribution >= 4 is 0 Å². The van der Waals surface area contributed by atoms with Crippen molar-refractivity contribution in [2.75, 3.05) is 0 Å². The van der Waals surface area contributed by atoms with Crippen molar-refractivity contribution in [3.8, 4) is 0 Å². The van der Waals surface area contributed by atoms with E-state index in [-0.39, 0.29) is 5.41 Å². The molecule has 1 aromatic carbocycles. The third kappa shape index (κ3) is 1.89. The molecule has 1 N–H and O–H groups in total. The van der Waals surface area contributed by atoms with Crippen LogP contribution in [0.2, 0.25) is 0 Å². The summed E-state index contributed by atoms with van der Waals surface area (Å²) in [6, 6.07) is 8.49. The van der Waals surface area contributed by atoms with Crippen molar-refractivity contribution < 1.29 is 5.11 Å².